The molecule has 0 spiro atoms. The van der Waals surface area contributed by atoms with Crippen LogP contribution in [-0.2, 0) is 0 Å². The molecule has 4 aromatic rings. The van der Waals surface area contributed by atoms with E-state index >= 15 is 0 Å². The first kappa shape index (κ1) is 19.2. The van der Waals surface area contributed by atoms with Crippen molar-refractivity contribution in [1.82, 2.24) is 19.9 Å². The Kier molecular flexibility index (Phi) is 4.83. The monoisotopic (exact) mass is 415 g/mol. The molecule has 1 saturated heterocycles. The molecule has 0 bridgehead atoms. The molecule has 1 aromatic carbocycles. The number of nitrogen functional groups attached to an aromatic ring is 1. The second kappa shape index (κ2) is 7.81. The third-order valence-corrected chi connectivity index (χ3v) is 5.53. The van der Waals surface area contributed by atoms with Gasteiger partial charge in [0, 0.05) is 36.6 Å². The number of oxazole rings is 1. The van der Waals surface area contributed by atoms with Crippen molar-refractivity contribution in [2.24, 2.45) is 0 Å². The van der Waals surface area contributed by atoms with Crippen molar-refractivity contribution >= 4 is 23.0 Å². The molecule has 0 atom stereocenters. The largest absolute Gasteiger partial charge is 0.434 e. The Labute approximate surface area is 178 Å². The maximum Gasteiger partial charge on any atom is 0.253 e. The molecular weight excluding hydrogens is 394 g/mol. The van der Waals surface area contributed by atoms with Gasteiger partial charge in [-0.05, 0) is 48.7 Å². The third kappa shape index (κ3) is 3.73. The number of aliphatic hydroxyl groups excluding tert-OH is 1. The van der Waals surface area contributed by atoms with E-state index in [-0.39, 0.29) is 12.0 Å². The van der Waals surface area contributed by atoms with Crippen molar-refractivity contribution in [3.63, 3.8) is 0 Å². The summed E-state index contributed by atoms with van der Waals surface area (Å²) in [5.74, 6) is 0.655. The zero-order valence-corrected chi connectivity index (χ0v) is 16.7. The smallest absolute Gasteiger partial charge is 0.253 e. The van der Waals surface area contributed by atoms with Crippen LogP contribution in [0.2, 0.25) is 0 Å². The molecule has 0 saturated carbocycles. The van der Waals surface area contributed by atoms with Crippen molar-refractivity contribution in [2.45, 2.75) is 18.9 Å². The van der Waals surface area contributed by atoms with Crippen LogP contribution in [0.3, 0.4) is 0 Å². The van der Waals surface area contributed by atoms with E-state index in [1.54, 1.807) is 29.4 Å². The van der Waals surface area contributed by atoms with Crippen molar-refractivity contribution in [1.29, 1.82) is 0 Å². The van der Waals surface area contributed by atoms with E-state index in [4.69, 9.17) is 10.2 Å². The molecule has 1 aliphatic heterocycles. The number of benzene rings is 1. The molecule has 1 amide bonds. The minimum Gasteiger partial charge on any atom is -0.434 e. The number of fused-ring (bicyclic) bond motifs is 1. The summed E-state index contributed by atoms with van der Waals surface area (Å²) in [4.78, 5) is 27.4. The van der Waals surface area contributed by atoms with Gasteiger partial charge in [0.2, 0.25) is 5.89 Å². The van der Waals surface area contributed by atoms with Gasteiger partial charge in [0.05, 0.1) is 11.7 Å². The summed E-state index contributed by atoms with van der Waals surface area (Å²) in [5, 5.41) is 9.64. The zero-order valence-electron chi connectivity index (χ0n) is 16.7. The Morgan fingerprint density at radius 1 is 1.10 bits per heavy atom. The molecule has 1 aliphatic rings. The number of hydrogen-bond acceptors (Lipinski definition) is 7. The lowest BCUT2D eigenvalue weighted by Crippen LogP contribution is -2.40. The van der Waals surface area contributed by atoms with Gasteiger partial charge in [0.25, 0.3) is 5.91 Å². The highest BCUT2D eigenvalue weighted by molar-refractivity contribution is 5.95. The fourth-order valence-corrected chi connectivity index (χ4v) is 3.75. The maximum absolute atomic E-state index is 12.7. The summed E-state index contributed by atoms with van der Waals surface area (Å²) >= 11 is 0. The Morgan fingerprint density at radius 3 is 2.61 bits per heavy atom. The van der Waals surface area contributed by atoms with E-state index in [9.17, 15) is 9.90 Å². The van der Waals surface area contributed by atoms with Gasteiger partial charge in [-0.2, -0.15) is 4.98 Å². The highest BCUT2D eigenvalue weighted by atomic mass is 16.3. The molecule has 3 aromatic heterocycles. The second-order valence-corrected chi connectivity index (χ2v) is 7.60. The number of anilines is 1. The number of pyridine rings is 2. The average molecular weight is 415 g/mol. The molecule has 0 aliphatic carbocycles. The predicted octanol–water partition coefficient (Wildman–Crippen LogP) is 3.13. The van der Waals surface area contributed by atoms with E-state index in [0.717, 1.165) is 11.1 Å². The summed E-state index contributed by atoms with van der Waals surface area (Å²) in [5.41, 5.74) is 10.1. The lowest BCUT2D eigenvalue weighted by molar-refractivity contribution is 0.0546. The van der Waals surface area contributed by atoms with E-state index < -0.39 is 0 Å². The minimum absolute atomic E-state index is 0.0199. The van der Waals surface area contributed by atoms with E-state index in [0.29, 0.717) is 60.0 Å². The van der Waals surface area contributed by atoms with Gasteiger partial charge < -0.3 is 20.2 Å². The molecule has 8 heteroatoms. The molecule has 0 unspecified atom stereocenters. The van der Waals surface area contributed by atoms with Crippen molar-refractivity contribution in [3.05, 3.63) is 60.4 Å². The van der Waals surface area contributed by atoms with Crippen LogP contribution in [0.5, 0.6) is 0 Å². The molecular formula is C23H21N5O3. The van der Waals surface area contributed by atoms with Gasteiger partial charge in [-0.3, -0.25) is 4.79 Å². The number of likely N-dealkylation sites (tertiary alicyclic amines) is 1. The Balaban J connectivity index is 1.41. The standard InChI is InChI=1S/C23H21N5O3/c24-20-18(22-27-21-19(31-22)2-1-9-25-21)12-16(13-26-20)14-3-5-15(6-4-14)23(30)28-10-7-17(29)8-11-28/h1-6,9,12-13,17,29H,7-8,10-11H2,(H2,24,26). The van der Waals surface area contributed by atoms with Gasteiger partial charge in [0.15, 0.2) is 11.2 Å². The summed E-state index contributed by atoms with van der Waals surface area (Å²) in [6.07, 6.45) is 4.27. The van der Waals surface area contributed by atoms with Crippen molar-refractivity contribution in [3.8, 4) is 22.6 Å². The quantitative estimate of drug-likeness (QED) is 0.528. The van der Waals surface area contributed by atoms with E-state index in [2.05, 4.69) is 15.0 Å². The topological polar surface area (TPSA) is 118 Å². The number of carbonyl (C=O) groups excluding carboxylic acids is 1. The molecule has 0 radical (unpaired) electrons. The molecule has 31 heavy (non-hydrogen) atoms. The van der Waals surface area contributed by atoms with Crippen LogP contribution in [-0.4, -0.2) is 50.1 Å². The highest BCUT2D eigenvalue weighted by Crippen LogP contribution is 2.31. The highest BCUT2D eigenvalue weighted by Gasteiger charge is 2.22. The number of carbonyl (C=O) groups is 1. The summed E-state index contributed by atoms with van der Waals surface area (Å²) in [6, 6.07) is 12.8. The lowest BCUT2D eigenvalue weighted by Gasteiger charge is -2.29. The second-order valence-electron chi connectivity index (χ2n) is 7.60. The number of aliphatic hydroxyl groups is 1. The van der Waals surface area contributed by atoms with Crippen LogP contribution in [0.4, 0.5) is 5.82 Å². The SMILES string of the molecule is Nc1ncc(-c2ccc(C(=O)N3CCC(O)CC3)cc2)cc1-c1nc2ncccc2o1. The Morgan fingerprint density at radius 2 is 1.87 bits per heavy atom. The third-order valence-electron chi connectivity index (χ3n) is 5.53. The number of nitrogens with zero attached hydrogens (tertiary/aromatic N) is 4. The number of nitrogens with two attached hydrogens (primary N) is 1. The summed E-state index contributed by atoms with van der Waals surface area (Å²) < 4.78 is 5.79. The number of hydrogen-bond donors (Lipinski definition) is 2. The fourth-order valence-electron chi connectivity index (χ4n) is 3.75. The lowest BCUT2D eigenvalue weighted by atomic mass is 10.0. The first-order chi connectivity index (χ1) is 15.1. The minimum atomic E-state index is -0.310. The number of aromatic nitrogens is 3. The fraction of sp³-hybridized carbons (Fsp3) is 0.217. The molecule has 1 fully saturated rings. The molecule has 4 heterocycles. The maximum atomic E-state index is 12.7. The summed E-state index contributed by atoms with van der Waals surface area (Å²) in [6.45, 7) is 1.15. The van der Waals surface area contributed by atoms with Gasteiger partial charge in [0.1, 0.15) is 5.82 Å². The van der Waals surface area contributed by atoms with Gasteiger partial charge >= 0.3 is 0 Å². The van der Waals surface area contributed by atoms with Crippen LogP contribution >= 0.6 is 0 Å². The number of rotatable bonds is 3. The van der Waals surface area contributed by atoms with Gasteiger partial charge in [-0.25, -0.2) is 9.97 Å². The van der Waals surface area contributed by atoms with E-state index in [1.807, 2.05) is 30.3 Å². The van der Waals surface area contributed by atoms with Gasteiger partial charge in [-0.1, -0.05) is 12.1 Å². The Hall–Kier alpha value is -3.78. The van der Waals surface area contributed by atoms with Crippen LogP contribution in [0.25, 0.3) is 33.8 Å². The molecule has 3 N–H and O–H groups in total. The molecule has 8 nitrogen and oxygen atoms in total. The van der Waals surface area contributed by atoms with Crippen molar-refractivity contribution < 1.29 is 14.3 Å². The van der Waals surface area contributed by atoms with Crippen LogP contribution < -0.4 is 5.73 Å². The van der Waals surface area contributed by atoms with Gasteiger partial charge in [-0.15, -0.1) is 0 Å². The summed E-state index contributed by atoms with van der Waals surface area (Å²) in [7, 11) is 0. The normalized spacial score (nSPS) is 14.8. The average Bonchev–Trinajstić information content (AvgIpc) is 3.24. The molecule has 5 rings (SSSR count). The Bertz CT molecular complexity index is 1210. The number of piperidine rings is 1. The van der Waals surface area contributed by atoms with Crippen LogP contribution in [0, 0.1) is 0 Å². The van der Waals surface area contributed by atoms with Crippen LogP contribution in [0.1, 0.15) is 23.2 Å². The van der Waals surface area contributed by atoms with Crippen LogP contribution in [0.15, 0.2) is 59.3 Å². The first-order valence-electron chi connectivity index (χ1n) is 10.1. The predicted molar refractivity (Wildman–Crippen MR) is 116 cm³/mol. The number of amides is 1. The first-order valence-corrected chi connectivity index (χ1v) is 10.1. The zero-order chi connectivity index (χ0) is 21.4. The van der Waals surface area contributed by atoms with Crippen molar-refractivity contribution in [2.75, 3.05) is 18.8 Å². The molecule has 156 valence electrons. The van der Waals surface area contributed by atoms with E-state index in [1.165, 1.54) is 0 Å².